The molecule has 0 bridgehead atoms. The van der Waals surface area contributed by atoms with Gasteiger partial charge in [-0.15, -0.1) is 0 Å². The van der Waals surface area contributed by atoms with E-state index in [4.69, 9.17) is 0 Å². The molecular weight excluding hydrogens is 331 g/mol. The highest BCUT2D eigenvalue weighted by molar-refractivity contribution is 5.99. The Kier molecular flexibility index (Phi) is 6.39. The van der Waals surface area contributed by atoms with Crippen LogP contribution in [0.2, 0.25) is 0 Å². The van der Waals surface area contributed by atoms with E-state index < -0.39 is 0 Å². The van der Waals surface area contributed by atoms with E-state index in [1.165, 1.54) is 44.1 Å². The van der Waals surface area contributed by atoms with Gasteiger partial charge in [-0.1, -0.05) is 6.42 Å². The number of nitrogens with zero attached hydrogens (tertiary/aromatic N) is 2. The minimum atomic E-state index is -0.303. The number of piperidine rings is 1. The molecule has 0 aliphatic carbocycles. The van der Waals surface area contributed by atoms with Crippen LogP contribution in [0.3, 0.4) is 0 Å². The zero-order valence-corrected chi connectivity index (χ0v) is 15.3. The number of halogens is 1. The molecule has 0 saturated carbocycles. The molecule has 3 rings (SSSR count). The summed E-state index contributed by atoms with van der Waals surface area (Å²) in [5.41, 5.74) is 1.85. The number of hydrogen-bond donors (Lipinski definition) is 2. The van der Waals surface area contributed by atoms with E-state index in [-0.39, 0.29) is 11.7 Å². The highest BCUT2D eigenvalue weighted by Crippen LogP contribution is 2.21. The van der Waals surface area contributed by atoms with Crippen LogP contribution in [-0.2, 0) is 0 Å². The Hall–Kier alpha value is -2.21. The smallest absolute Gasteiger partial charge is 0.255 e. The maximum atomic E-state index is 13.1. The van der Waals surface area contributed by atoms with Crippen molar-refractivity contribution in [3.05, 3.63) is 41.8 Å². The number of unbranched alkanes of at least 4 members (excludes halogenated alkanes) is 1. The summed E-state index contributed by atoms with van der Waals surface area (Å²) < 4.78 is 13.1. The van der Waals surface area contributed by atoms with E-state index >= 15 is 0 Å². The van der Waals surface area contributed by atoms with Gasteiger partial charge in [-0.25, -0.2) is 4.39 Å². The van der Waals surface area contributed by atoms with Gasteiger partial charge >= 0.3 is 0 Å². The Morgan fingerprint density at radius 2 is 2.12 bits per heavy atom. The van der Waals surface area contributed by atoms with Crippen LogP contribution in [0.4, 0.5) is 4.39 Å². The summed E-state index contributed by atoms with van der Waals surface area (Å²) in [5.74, 6) is -0.452. The van der Waals surface area contributed by atoms with E-state index in [1.54, 1.807) is 12.1 Å². The first-order valence-electron chi connectivity index (χ1n) is 9.46. The Morgan fingerprint density at radius 3 is 2.88 bits per heavy atom. The van der Waals surface area contributed by atoms with Crippen LogP contribution >= 0.6 is 0 Å². The molecule has 1 aromatic heterocycles. The third-order valence-corrected chi connectivity index (χ3v) is 5.12. The second-order valence-corrected chi connectivity index (χ2v) is 7.01. The number of carbonyl (C=O) groups excluding carboxylic acids is 1. The summed E-state index contributed by atoms with van der Waals surface area (Å²) >= 11 is 0. The maximum Gasteiger partial charge on any atom is 0.255 e. The monoisotopic (exact) mass is 358 g/mol. The van der Waals surface area contributed by atoms with Gasteiger partial charge in [0.2, 0.25) is 0 Å². The van der Waals surface area contributed by atoms with Crippen molar-refractivity contribution in [2.75, 3.05) is 19.6 Å². The van der Waals surface area contributed by atoms with Gasteiger partial charge in [0.15, 0.2) is 0 Å². The van der Waals surface area contributed by atoms with Crippen molar-refractivity contribution in [3.8, 4) is 11.3 Å². The molecule has 0 spiro atoms. The van der Waals surface area contributed by atoms with Gasteiger partial charge in [0.1, 0.15) is 5.82 Å². The molecule has 2 heterocycles. The molecule has 1 unspecified atom stereocenters. The van der Waals surface area contributed by atoms with Crippen LogP contribution in [0.15, 0.2) is 30.5 Å². The van der Waals surface area contributed by atoms with Crippen molar-refractivity contribution >= 4 is 5.91 Å². The molecular formula is C20H27FN4O. The van der Waals surface area contributed by atoms with E-state index in [1.807, 2.05) is 0 Å². The molecule has 1 amide bonds. The van der Waals surface area contributed by atoms with Gasteiger partial charge in [-0.05, 0) is 70.0 Å². The van der Waals surface area contributed by atoms with Crippen LogP contribution < -0.4 is 5.32 Å². The lowest BCUT2D eigenvalue weighted by atomic mass is 10.0. The van der Waals surface area contributed by atoms with Crippen LogP contribution in [0, 0.1) is 5.82 Å². The first kappa shape index (κ1) is 18.6. The SMILES string of the molecule is CC1CCCCN1CCCCNC(=O)c1cn[nH]c1-c1ccc(F)cc1. The number of nitrogens with one attached hydrogen (secondary N) is 2. The molecule has 1 aliphatic heterocycles. The molecule has 6 heteroatoms. The fourth-order valence-electron chi connectivity index (χ4n) is 3.52. The Balaban J connectivity index is 1.45. The van der Waals surface area contributed by atoms with Crippen LogP contribution in [0.25, 0.3) is 11.3 Å². The second kappa shape index (κ2) is 8.94. The lowest BCUT2D eigenvalue weighted by molar-refractivity contribution is 0.0952. The summed E-state index contributed by atoms with van der Waals surface area (Å²) in [6.45, 7) is 5.25. The normalized spacial score (nSPS) is 18.0. The predicted molar refractivity (Wildman–Crippen MR) is 100 cm³/mol. The Bertz CT molecular complexity index is 713. The predicted octanol–water partition coefficient (Wildman–Crippen LogP) is 3.60. The lowest BCUT2D eigenvalue weighted by Crippen LogP contribution is -2.38. The van der Waals surface area contributed by atoms with Gasteiger partial charge < -0.3 is 10.2 Å². The standard InChI is InChI=1S/C20H27FN4O/c1-15-6-2-4-12-25(15)13-5-3-11-22-20(26)18-14-23-24-19(18)16-7-9-17(21)10-8-16/h7-10,14-15H,2-6,11-13H2,1H3,(H,22,26)(H,23,24). The molecule has 0 radical (unpaired) electrons. The minimum Gasteiger partial charge on any atom is -0.352 e. The van der Waals surface area contributed by atoms with E-state index in [2.05, 4.69) is 27.3 Å². The first-order valence-corrected chi connectivity index (χ1v) is 9.46. The van der Waals surface area contributed by atoms with Crippen LogP contribution in [-0.4, -0.2) is 46.7 Å². The summed E-state index contributed by atoms with van der Waals surface area (Å²) in [5, 5.41) is 9.77. The molecule has 1 atom stereocenters. The number of likely N-dealkylation sites (tertiary alicyclic amines) is 1. The molecule has 1 saturated heterocycles. The average molecular weight is 358 g/mol. The van der Waals surface area contributed by atoms with Crippen LogP contribution in [0.5, 0.6) is 0 Å². The molecule has 26 heavy (non-hydrogen) atoms. The molecule has 1 fully saturated rings. The number of benzene rings is 1. The topological polar surface area (TPSA) is 61.0 Å². The number of rotatable bonds is 7. The highest BCUT2D eigenvalue weighted by atomic mass is 19.1. The average Bonchev–Trinajstić information content (AvgIpc) is 3.13. The molecule has 5 nitrogen and oxygen atoms in total. The molecule has 2 N–H and O–H groups in total. The second-order valence-electron chi connectivity index (χ2n) is 7.01. The van der Waals surface area contributed by atoms with Crippen molar-refractivity contribution in [3.63, 3.8) is 0 Å². The third kappa shape index (κ3) is 4.69. The quantitative estimate of drug-likeness (QED) is 0.744. The van der Waals surface area contributed by atoms with Crippen molar-refractivity contribution in [1.29, 1.82) is 0 Å². The minimum absolute atomic E-state index is 0.149. The van der Waals surface area contributed by atoms with Gasteiger partial charge in [0, 0.05) is 18.2 Å². The zero-order chi connectivity index (χ0) is 18.4. The van der Waals surface area contributed by atoms with Crippen molar-refractivity contribution in [1.82, 2.24) is 20.4 Å². The van der Waals surface area contributed by atoms with Crippen LogP contribution in [0.1, 0.15) is 49.4 Å². The number of aromatic amines is 1. The summed E-state index contributed by atoms with van der Waals surface area (Å²) in [6.07, 6.45) is 7.49. The van der Waals surface area contributed by atoms with Crippen molar-refractivity contribution in [2.24, 2.45) is 0 Å². The van der Waals surface area contributed by atoms with Gasteiger partial charge in [0.25, 0.3) is 5.91 Å². The van der Waals surface area contributed by atoms with Gasteiger partial charge in [-0.2, -0.15) is 5.10 Å². The summed E-state index contributed by atoms with van der Waals surface area (Å²) in [7, 11) is 0. The maximum absolute atomic E-state index is 13.1. The van der Waals surface area contributed by atoms with Gasteiger partial charge in [0.05, 0.1) is 17.5 Å². The molecule has 1 aliphatic rings. The third-order valence-electron chi connectivity index (χ3n) is 5.12. The molecule has 1 aromatic carbocycles. The number of hydrogen-bond acceptors (Lipinski definition) is 3. The fraction of sp³-hybridized carbons (Fsp3) is 0.500. The summed E-state index contributed by atoms with van der Waals surface area (Å²) in [6, 6.07) is 6.71. The van der Waals surface area contributed by atoms with Crippen molar-refractivity contribution < 1.29 is 9.18 Å². The number of H-pyrrole nitrogens is 1. The number of amides is 1. The largest absolute Gasteiger partial charge is 0.352 e. The van der Waals surface area contributed by atoms with E-state index in [9.17, 15) is 9.18 Å². The fourth-order valence-corrected chi connectivity index (χ4v) is 3.52. The first-order chi connectivity index (χ1) is 12.6. The Labute approximate surface area is 154 Å². The Morgan fingerprint density at radius 1 is 1.31 bits per heavy atom. The zero-order valence-electron chi connectivity index (χ0n) is 15.3. The number of aromatic nitrogens is 2. The number of carbonyl (C=O) groups is 1. The van der Waals surface area contributed by atoms with E-state index in [0.29, 0.717) is 23.8 Å². The summed E-state index contributed by atoms with van der Waals surface area (Å²) in [4.78, 5) is 15.0. The molecule has 2 aromatic rings. The lowest BCUT2D eigenvalue weighted by Gasteiger charge is -2.33. The van der Waals surface area contributed by atoms with Crippen molar-refractivity contribution in [2.45, 2.75) is 45.1 Å². The highest BCUT2D eigenvalue weighted by Gasteiger charge is 2.17. The molecule has 140 valence electrons. The van der Waals surface area contributed by atoms with Gasteiger partial charge in [-0.3, -0.25) is 9.89 Å². The van der Waals surface area contributed by atoms with E-state index in [0.717, 1.165) is 24.9 Å².